The molecule has 18 heavy (non-hydrogen) atoms. The largest absolute Gasteiger partial charge is 0.479 e. The highest BCUT2D eigenvalue weighted by Gasteiger charge is 2.21. The third-order valence-corrected chi connectivity index (χ3v) is 3.11. The maximum atomic E-state index is 11.3. The second-order valence-corrected chi connectivity index (χ2v) is 4.49. The molecule has 7 nitrogen and oxygen atoms in total. The first-order valence-electron chi connectivity index (χ1n) is 6.17. The molecule has 4 N–H and O–H groups in total. The van der Waals surface area contributed by atoms with E-state index < -0.39 is 18.1 Å². The molecule has 0 saturated carbocycles. The Labute approximate surface area is 106 Å². The summed E-state index contributed by atoms with van der Waals surface area (Å²) in [4.78, 5) is 24.0. The van der Waals surface area contributed by atoms with E-state index in [9.17, 15) is 9.59 Å². The number of hydrogen-bond donors (Lipinski definition) is 4. The lowest BCUT2D eigenvalue weighted by molar-refractivity contribution is -0.146. The van der Waals surface area contributed by atoms with Crippen LogP contribution in [-0.2, 0) is 4.79 Å². The Kier molecular flexibility index (Phi) is 5.87. The van der Waals surface area contributed by atoms with Crippen molar-refractivity contribution in [3.05, 3.63) is 0 Å². The van der Waals surface area contributed by atoms with Crippen LogP contribution in [-0.4, -0.2) is 65.9 Å². The molecule has 104 valence electrons. The zero-order chi connectivity index (χ0) is 13.5. The van der Waals surface area contributed by atoms with E-state index in [-0.39, 0.29) is 6.54 Å². The van der Waals surface area contributed by atoms with Crippen LogP contribution in [0.5, 0.6) is 0 Å². The Hall–Kier alpha value is -1.34. The van der Waals surface area contributed by atoms with Crippen LogP contribution in [0.4, 0.5) is 4.79 Å². The Morgan fingerprint density at radius 1 is 1.44 bits per heavy atom. The number of carbonyl (C=O) groups is 2. The predicted octanol–water partition coefficient (Wildman–Crippen LogP) is -0.927. The highest BCUT2D eigenvalue weighted by molar-refractivity contribution is 5.76. The van der Waals surface area contributed by atoms with E-state index in [0.717, 1.165) is 26.1 Å². The van der Waals surface area contributed by atoms with Crippen LogP contribution < -0.4 is 10.6 Å². The first-order chi connectivity index (χ1) is 8.52. The van der Waals surface area contributed by atoms with Gasteiger partial charge in [0.2, 0.25) is 0 Å². The zero-order valence-electron chi connectivity index (χ0n) is 10.6. The van der Waals surface area contributed by atoms with Gasteiger partial charge in [0.15, 0.2) is 6.10 Å². The van der Waals surface area contributed by atoms with Gasteiger partial charge in [-0.05, 0) is 25.4 Å². The summed E-state index contributed by atoms with van der Waals surface area (Å²) in [6.45, 7) is 5.46. The van der Waals surface area contributed by atoms with Crippen molar-refractivity contribution in [2.45, 2.75) is 19.4 Å². The van der Waals surface area contributed by atoms with Crippen molar-refractivity contribution in [3.8, 4) is 0 Å². The van der Waals surface area contributed by atoms with Crippen molar-refractivity contribution in [3.63, 3.8) is 0 Å². The minimum Gasteiger partial charge on any atom is -0.479 e. The molecule has 1 aliphatic rings. The Morgan fingerprint density at radius 3 is 2.72 bits per heavy atom. The molecule has 0 aromatic rings. The second-order valence-electron chi connectivity index (χ2n) is 4.49. The van der Waals surface area contributed by atoms with E-state index in [0.29, 0.717) is 12.5 Å². The molecule has 1 fully saturated rings. The number of urea groups is 1. The summed E-state index contributed by atoms with van der Waals surface area (Å²) >= 11 is 0. The smallest absolute Gasteiger partial charge is 0.334 e. The second kappa shape index (κ2) is 7.17. The molecular formula is C11H21N3O4. The monoisotopic (exact) mass is 259 g/mol. The lowest BCUT2D eigenvalue weighted by atomic mass is 10.1. The van der Waals surface area contributed by atoms with Crippen molar-refractivity contribution < 1.29 is 19.8 Å². The molecule has 0 aromatic carbocycles. The topological polar surface area (TPSA) is 102 Å². The van der Waals surface area contributed by atoms with Gasteiger partial charge in [-0.1, -0.05) is 6.92 Å². The van der Waals surface area contributed by atoms with Gasteiger partial charge in [-0.25, -0.2) is 9.59 Å². The third kappa shape index (κ3) is 4.89. The Balaban J connectivity index is 2.12. The molecule has 7 heteroatoms. The van der Waals surface area contributed by atoms with Gasteiger partial charge in [0.05, 0.1) is 6.54 Å². The minimum absolute atomic E-state index is 0.285. The Bertz CT molecular complexity index is 298. The number of aliphatic hydroxyl groups is 1. The number of amides is 2. The van der Waals surface area contributed by atoms with Gasteiger partial charge < -0.3 is 25.7 Å². The maximum Gasteiger partial charge on any atom is 0.334 e. The fraction of sp³-hybridized carbons (Fsp3) is 0.818. The fourth-order valence-electron chi connectivity index (χ4n) is 1.94. The number of hydrogen-bond acceptors (Lipinski definition) is 4. The maximum absolute atomic E-state index is 11.3. The molecule has 1 unspecified atom stereocenters. The first kappa shape index (κ1) is 14.7. The van der Waals surface area contributed by atoms with Crippen LogP contribution in [0.2, 0.25) is 0 Å². The van der Waals surface area contributed by atoms with E-state index in [1.807, 2.05) is 0 Å². The van der Waals surface area contributed by atoms with Crippen LogP contribution in [0.15, 0.2) is 0 Å². The number of carboxylic acid groups (broad SMARTS) is 1. The molecule has 0 bridgehead atoms. The van der Waals surface area contributed by atoms with Gasteiger partial charge in [0, 0.05) is 13.1 Å². The molecule has 0 radical (unpaired) electrons. The van der Waals surface area contributed by atoms with Crippen molar-refractivity contribution in [1.82, 2.24) is 15.5 Å². The standard InChI is InChI=1S/C11H21N3O4/c1-2-14-4-3-8(7-14)5-12-11(18)13-6-9(15)10(16)17/h8-9,15H,2-7H2,1H3,(H,16,17)(H2,12,13,18)/t8?,9-/m0/s1. The van der Waals surface area contributed by atoms with E-state index >= 15 is 0 Å². The van der Waals surface area contributed by atoms with E-state index in [4.69, 9.17) is 10.2 Å². The van der Waals surface area contributed by atoms with Gasteiger partial charge in [-0.2, -0.15) is 0 Å². The molecule has 2 amide bonds. The quantitative estimate of drug-likeness (QED) is 0.494. The SMILES string of the molecule is CCN1CCC(CNC(=O)NC[C@H](O)C(=O)O)C1. The average Bonchev–Trinajstić information content (AvgIpc) is 2.81. The summed E-state index contributed by atoms with van der Waals surface area (Å²) in [6, 6.07) is -0.440. The summed E-state index contributed by atoms with van der Waals surface area (Å²) in [5, 5.41) is 22.4. The van der Waals surface area contributed by atoms with Gasteiger partial charge >= 0.3 is 12.0 Å². The summed E-state index contributed by atoms with van der Waals surface area (Å²) in [5.74, 6) is -0.898. The van der Waals surface area contributed by atoms with Crippen molar-refractivity contribution in [2.75, 3.05) is 32.7 Å². The molecule has 0 spiro atoms. The summed E-state index contributed by atoms with van der Waals surface area (Å²) in [6.07, 6.45) is -0.496. The number of rotatable bonds is 6. The number of carbonyl (C=O) groups excluding carboxylic acids is 1. The van der Waals surface area contributed by atoms with Crippen molar-refractivity contribution in [1.29, 1.82) is 0 Å². The predicted molar refractivity (Wildman–Crippen MR) is 65.3 cm³/mol. The first-order valence-corrected chi connectivity index (χ1v) is 6.17. The minimum atomic E-state index is -1.56. The van der Waals surface area contributed by atoms with Crippen LogP contribution in [0.1, 0.15) is 13.3 Å². The van der Waals surface area contributed by atoms with E-state index in [2.05, 4.69) is 22.5 Å². The average molecular weight is 259 g/mol. The number of carboxylic acids is 1. The van der Waals surface area contributed by atoms with Gasteiger partial charge in [-0.3, -0.25) is 0 Å². The van der Waals surface area contributed by atoms with Gasteiger partial charge in [0.1, 0.15) is 0 Å². The zero-order valence-corrected chi connectivity index (χ0v) is 10.6. The van der Waals surface area contributed by atoms with E-state index in [1.54, 1.807) is 0 Å². The van der Waals surface area contributed by atoms with Gasteiger partial charge in [-0.15, -0.1) is 0 Å². The molecule has 1 aliphatic heterocycles. The number of aliphatic carboxylic acids is 1. The number of nitrogens with zero attached hydrogens (tertiary/aromatic N) is 1. The molecule has 2 atom stereocenters. The number of nitrogens with one attached hydrogen (secondary N) is 2. The summed E-state index contributed by atoms with van der Waals surface area (Å²) in [7, 11) is 0. The van der Waals surface area contributed by atoms with Crippen LogP contribution in [0.25, 0.3) is 0 Å². The van der Waals surface area contributed by atoms with Crippen molar-refractivity contribution >= 4 is 12.0 Å². The fourth-order valence-corrected chi connectivity index (χ4v) is 1.94. The van der Waals surface area contributed by atoms with Gasteiger partial charge in [0.25, 0.3) is 0 Å². The highest BCUT2D eigenvalue weighted by atomic mass is 16.4. The molecule has 0 aromatic heterocycles. The molecular weight excluding hydrogens is 238 g/mol. The third-order valence-electron chi connectivity index (χ3n) is 3.11. The van der Waals surface area contributed by atoms with Crippen molar-refractivity contribution in [2.24, 2.45) is 5.92 Å². The lowest BCUT2D eigenvalue weighted by Crippen LogP contribution is -2.43. The summed E-state index contributed by atoms with van der Waals surface area (Å²) in [5.41, 5.74) is 0. The Morgan fingerprint density at radius 2 is 2.17 bits per heavy atom. The normalized spacial score (nSPS) is 21.6. The van der Waals surface area contributed by atoms with Crippen LogP contribution >= 0.6 is 0 Å². The molecule has 1 saturated heterocycles. The molecule has 1 heterocycles. The van der Waals surface area contributed by atoms with Crippen LogP contribution in [0, 0.1) is 5.92 Å². The number of aliphatic hydroxyl groups excluding tert-OH is 1. The summed E-state index contributed by atoms with van der Waals surface area (Å²) < 4.78 is 0. The lowest BCUT2D eigenvalue weighted by Gasteiger charge is -2.14. The van der Waals surface area contributed by atoms with E-state index in [1.165, 1.54) is 0 Å². The van der Waals surface area contributed by atoms with Crippen LogP contribution in [0.3, 0.4) is 0 Å². The molecule has 0 aliphatic carbocycles. The highest BCUT2D eigenvalue weighted by Crippen LogP contribution is 2.14. The number of likely N-dealkylation sites (tertiary alicyclic amines) is 1. The molecule has 1 rings (SSSR count).